The van der Waals surface area contributed by atoms with E-state index in [4.69, 9.17) is 16.3 Å². The molecule has 1 saturated heterocycles. The Morgan fingerprint density at radius 2 is 2.40 bits per heavy atom. The van der Waals surface area contributed by atoms with E-state index in [0.29, 0.717) is 18.2 Å². The van der Waals surface area contributed by atoms with E-state index in [1.807, 2.05) is 0 Å². The zero-order valence-corrected chi connectivity index (χ0v) is 11.9. The van der Waals surface area contributed by atoms with Crippen LogP contribution in [0.3, 0.4) is 0 Å². The first-order valence-corrected chi connectivity index (χ1v) is 7.08. The lowest BCUT2D eigenvalue weighted by atomic mass is 10.1. The van der Waals surface area contributed by atoms with Crippen molar-refractivity contribution in [3.8, 4) is 5.75 Å². The normalized spacial score (nSPS) is 18.0. The molecular weight excluding hydrogens is 283 g/mol. The van der Waals surface area contributed by atoms with Crippen LogP contribution < -0.4 is 15.4 Å². The number of carbonyl (C=O) groups excluding carboxylic acids is 1. The number of carbonyl (C=O) groups is 1. The maximum Gasteiger partial charge on any atom is 0.257 e. The second-order valence-corrected chi connectivity index (χ2v) is 5.27. The Kier molecular flexibility index (Phi) is 5.61. The molecular formula is C14H18ClFN2O2. The summed E-state index contributed by atoms with van der Waals surface area (Å²) in [6.07, 6.45) is 2.13. The van der Waals surface area contributed by atoms with Crippen LogP contribution in [0.1, 0.15) is 12.8 Å². The fraction of sp³-hybridized carbons (Fsp3) is 0.500. The number of rotatable bonds is 6. The molecule has 6 heteroatoms. The summed E-state index contributed by atoms with van der Waals surface area (Å²) in [7, 11) is 0. The Morgan fingerprint density at radius 1 is 1.55 bits per heavy atom. The smallest absolute Gasteiger partial charge is 0.257 e. The van der Waals surface area contributed by atoms with E-state index >= 15 is 0 Å². The first-order valence-electron chi connectivity index (χ1n) is 6.70. The SMILES string of the molecule is O=C(COc1ccc(F)cc1Cl)NCCC1CCNC1. The van der Waals surface area contributed by atoms with Crippen molar-refractivity contribution in [3.63, 3.8) is 0 Å². The van der Waals surface area contributed by atoms with Crippen LogP contribution in [0.15, 0.2) is 18.2 Å². The quantitative estimate of drug-likeness (QED) is 0.844. The van der Waals surface area contributed by atoms with Gasteiger partial charge in [0.05, 0.1) is 5.02 Å². The maximum absolute atomic E-state index is 12.8. The van der Waals surface area contributed by atoms with Crippen LogP contribution in [0.2, 0.25) is 5.02 Å². The van der Waals surface area contributed by atoms with Gasteiger partial charge in [-0.2, -0.15) is 0 Å². The van der Waals surface area contributed by atoms with Crippen LogP contribution in [0, 0.1) is 11.7 Å². The van der Waals surface area contributed by atoms with Gasteiger partial charge in [-0.05, 0) is 50.0 Å². The number of amides is 1. The molecule has 4 nitrogen and oxygen atoms in total. The number of benzene rings is 1. The largest absolute Gasteiger partial charge is 0.482 e. The van der Waals surface area contributed by atoms with Gasteiger partial charge >= 0.3 is 0 Å². The zero-order valence-electron chi connectivity index (χ0n) is 11.1. The zero-order chi connectivity index (χ0) is 14.4. The van der Waals surface area contributed by atoms with Crippen molar-refractivity contribution in [3.05, 3.63) is 29.0 Å². The van der Waals surface area contributed by atoms with Gasteiger partial charge < -0.3 is 15.4 Å². The Bertz CT molecular complexity index is 464. The molecule has 110 valence electrons. The highest BCUT2D eigenvalue weighted by molar-refractivity contribution is 6.32. The molecule has 0 spiro atoms. The van der Waals surface area contributed by atoms with Gasteiger partial charge in [0.2, 0.25) is 0 Å². The molecule has 1 aromatic rings. The molecule has 0 radical (unpaired) electrons. The third-order valence-corrected chi connectivity index (χ3v) is 3.59. The van der Waals surface area contributed by atoms with Gasteiger partial charge in [0.25, 0.3) is 5.91 Å². The van der Waals surface area contributed by atoms with Crippen LogP contribution in [0.4, 0.5) is 4.39 Å². The van der Waals surface area contributed by atoms with Crippen molar-refractivity contribution in [2.75, 3.05) is 26.2 Å². The molecule has 20 heavy (non-hydrogen) atoms. The molecule has 0 aromatic heterocycles. The lowest BCUT2D eigenvalue weighted by molar-refractivity contribution is -0.123. The summed E-state index contributed by atoms with van der Waals surface area (Å²) < 4.78 is 18.1. The highest BCUT2D eigenvalue weighted by Gasteiger charge is 2.14. The summed E-state index contributed by atoms with van der Waals surface area (Å²) in [5, 5.41) is 6.25. The van der Waals surface area contributed by atoms with E-state index in [9.17, 15) is 9.18 Å². The molecule has 1 aliphatic heterocycles. The molecule has 1 amide bonds. The lowest BCUT2D eigenvalue weighted by Crippen LogP contribution is -2.30. The van der Waals surface area contributed by atoms with E-state index in [-0.39, 0.29) is 17.5 Å². The standard InChI is InChI=1S/C14H18ClFN2O2/c15-12-7-11(16)1-2-13(12)20-9-14(19)18-6-4-10-3-5-17-8-10/h1-2,7,10,17H,3-6,8-9H2,(H,18,19). The molecule has 1 aromatic carbocycles. The van der Waals surface area contributed by atoms with Crippen LogP contribution in [0.25, 0.3) is 0 Å². The first-order chi connectivity index (χ1) is 9.65. The van der Waals surface area contributed by atoms with Crippen molar-refractivity contribution < 1.29 is 13.9 Å². The van der Waals surface area contributed by atoms with Crippen molar-refractivity contribution in [1.29, 1.82) is 0 Å². The average Bonchev–Trinajstić information content (AvgIpc) is 2.91. The van der Waals surface area contributed by atoms with Crippen LogP contribution >= 0.6 is 11.6 Å². The summed E-state index contributed by atoms with van der Waals surface area (Å²) in [6.45, 7) is 2.61. The highest BCUT2D eigenvalue weighted by Crippen LogP contribution is 2.24. The number of halogens is 2. The predicted molar refractivity (Wildman–Crippen MR) is 75.5 cm³/mol. The van der Waals surface area contributed by atoms with Gasteiger partial charge in [0, 0.05) is 6.54 Å². The number of hydrogen-bond donors (Lipinski definition) is 2. The third kappa shape index (κ3) is 4.65. The van der Waals surface area contributed by atoms with Gasteiger partial charge in [0.1, 0.15) is 11.6 Å². The van der Waals surface area contributed by atoms with Crippen molar-refractivity contribution in [1.82, 2.24) is 10.6 Å². The molecule has 0 aliphatic carbocycles. The Balaban J connectivity index is 1.66. The summed E-state index contributed by atoms with van der Waals surface area (Å²) in [5.41, 5.74) is 0. The van der Waals surface area contributed by atoms with Crippen LogP contribution in [0.5, 0.6) is 5.75 Å². The molecule has 1 heterocycles. The average molecular weight is 301 g/mol. The van der Waals surface area contributed by atoms with Crippen molar-refractivity contribution in [2.45, 2.75) is 12.8 Å². The second-order valence-electron chi connectivity index (χ2n) is 4.86. The molecule has 2 N–H and O–H groups in total. The highest BCUT2D eigenvalue weighted by atomic mass is 35.5. The Hall–Kier alpha value is -1.33. The minimum atomic E-state index is -0.433. The Labute approximate surface area is 122 Å². The fourth-order valence-corrected chi connectivity index (χ4v) is 2.38. The third-order valence-electron chi connectivity index (χ3n) is 3.29. The molecule has 1 aliphatic rings. The van der Waals surface area contributed by atoms with E-state index in [1.165, 1.54) is 12.1 Å². The summed E-state index contributed by atoms with van der Waals surface area (Å²) in [4.78, 5) is 11.6. The monoisotopic (exact) mass is 300 g/mol. The second kappa shape index (κ2) is 7.45. The van der Waals surface area contributed by atoms with Crippen LogP contribution in [-0.2, 0) is 4.79 Å². The number of ether oxygens (including phenoxy) is 1. The van der Waals surface area contributed by atoms with Crippen molar-refractivity contribution >= 4 is 17.5 Å². The lowest BCUT2D eigenvalue weighted by Gasteiger charge is -2.10. The van der Waals surface area contributed by atoms with E-state index in [0.717, 1.165) is 32.0 Å². The van der Waals surface area contributed by atoms with Gasteiger partial charge in [0.15, 0.2) is 6.61 Å². The molecule has 1 atom stereocenters. The summed E-state index contributed by atoms with van der Waals surface area (Å²) in [5.74, 6) is 0.319. The fourth-order valence-electron chi connectivity index (χ4n) is 2.16. The van der Waals surface area contributed by atoms with Crippen LogP contribution in [-0.4, -0.2) is 32.1 Å². The maximum atomic E-state index is 12.8. The molecule has 1 fully saturated rings. The van der Waals surface area contributed by atoms with E-state index < -0.39 is 5.82 Å². The van der Waals surface area contributed by atoms with Gasteiger partial charge in [-0.15, -0.1) is 0 Å². The van der Waals surface area contributed by atoms with Gasteiger partial charge in [-0.3, -0.25) is 4.79 Å². The molecule has 2 rings (SSSR count). The number of nitrogens with one attached hydrogen (secondary N) is 2. The van der Waals surface area contributed by atoms with Crippen molar-refractivity contribution in [2.24, 2.45) is 5.92 Å². The summed E-state index contributed by atoms with van der Waals surface area (Å²) in [6, 6.07) is 3.81. The minimum Gasteiger partial charge on any atom is -0.482 e. The van der Waals surface area contributed by atoms with E-state index in [1.54, 1.807) is 0 Å². The van der Waals surface area contributed by atoms with Gasteiger partial charge in [-0.1, -0.05) is 11.6 Å². The number of hydrogen-bond acceptors (Lipinski definition) is 3. The first kappa shape index (κ1) is 15.1. The van der Waals surface area contributed by atoms with E-state index in [2.05, 4.69) is 10.6 Å². The molecule has 1 unspecified atom stereocenters. The molecule has 0 bridgehead atoms. The predicted octanol–water partition coefficient (Wildman–Crippen LogP) is 1.97. The Morgan fingerprint density at radius 3 is 3.10 bits per heavy atom. The summed E-state index contributed by atoms with van der Waals surface area (Å²) >= 11 is 5.80. The topological polar surface area (TPSA) is 50.4 Å². The molecule has 0 saturated carbocycles. The van der Waals surface area contributed by atoms with Gasteiger partial charge in [-0.25, -0.2) is 4.39 Å². The minimum absolute atomic E-state index is 0.117.